The van der Waals surface area contributed by atoms with Gasteiger partial charge in [-0.05, 0) is 26.7 Å². The summed E-state index contributed by atoms with van der Waals surface area (Å²) in [4.78, 5) is 41.2. The average Bonchev–Trinajstić information content (AvgIpc) is 3.30. The van der Waals surface area contributed by atoms with E-state index in [4.69, 9.17) is 0 Å². The van der Waals surface area contributed by atoms with Gasteiger partial charge < -0.3 is 20.1 Å². The van der Waals surface area contributed by atoms with E-state index < -0.39 is 0 Å². The van der Waals surface area contributed by atoms with Crippen LogP contribution in [0.2, 0.25) is 0 Å². The third-order valence-corrected chi connectivity index (χ3v) is 6.85. The van der Waals surface area contributed by atoms with E-state index >= 15 is 0 Å². The number of fused-ring (bicyclic) bond motifs is 3. The molecular weight excluding hydrogens is 394 g/mol. The van der Waals surface area contributed by atoms with Gasteiger partial charge in [-0.25, -0.2) is 15.0 Å². The van der Waals surface area contributed by atoms with E-state index in [-0.39, 0.29) is 29.2 Å². The molecule has 2 atom stereocenters. The van der Waals surface area contributed by atoms with Gasteiger partial charge in [0.15, 0.2) is 17.0 Å². The smallest absolute Gasteiger partial charge is 0.287 e. The van der Waals surface area contributed by atoms with Crippen LogP contribution in [0.25, 0.3) is 11.2 Å². The highest BCUT2D eigenvalue weighted by Crippen LogP contribution is 2.47. The van der Waals surface area contributed by atoms with Crippen LogP contribution < -0.4 is 15.5 Å². The fourth-order valence-corrected chi connectivity index (χ4v) is 5.27. The van der Waals surface area contributed by atoms with E-state index in [9.17, 15) is 9.59 Å². The molecule has 2 aromatic rings. The summed E-state index contributed by atoms with van der Waals surface area (Å²) in [6.07, 6.45) is 11.3. The second kappa shape index (κ2) is 7.47. The molecule has 2 unspecified atom stereocenters. The number of anilines is 1. The molecule has 1 aliphatic carbocycles. The number of piperidine rings is 1. The molecule has 2 aliphatic heterocycles. The molecule has 3 aliphatic rings. The Balaban J connectivity index is 1.45. The molecule has 9 nitrogen and oxygen atoms in total. The number of carbonyl (C=O) groups excluding carboxylic acids is 2. The summed E-state index contributed by atoms with van der Waals surface area (Å²) in [6.45, 7) is 6.38. The maximum Gasteiger partial charge on any atom is 0.287 e. The minimum Gasteiger partial charge on any atom is -0.355 e. The lowest BCUT2D eigenvalue weighted by Crippen LogP contribution is -2.46. The lowest BCUT2D eigenvalue weighted by molar-refractivity contribution is -0.129. The van der Waals surface area contributed by atoms with Gasteiger partial charge >= 0.3 is 0 Å². The van der Waals surface area contributed by atoms with Crippen LogP contribution >= 0.6 is 0 Å². The Morgan fingerprint density at radius 3 is 2.74 bits per heavy atom. The van der Waals surface area contributed by atoms with Crippen molar-refractivity contribution in [3.63, 3.8) is 0 Å². The van der Waals surface area contributed by atoms with Gasteiger partial charge in [0.2, 0.25) is 11.7 Å². The zero-order valence-electron chi connectivity index (χ0n) is 17.8. The van der Waals surface area contributed by atoms with Crippen molar-refractivity contribution in [1.82, 2.24) is 30.2 Å². The maximum atomic E-state index is 12.9. The van der Waals surface area contributed by atoms with Crippen molar-refractivity contribution in [2.24, 2.45) is 11.3 Å². The minimum absolute atomic E-state index is 0.0923. The van der Waals surface area contributed by atoms with Gasteiger partial charge in [-0.1, -0.05) is 24.3 Å². The van der Waals surface area contributed by atoms with E-state index in [1.165, 1.54) is 6.33 Å². The highest BCUT2D eigenvalue weighted by atomic mass is 16.2. The monoisotopic (exact) mass is 421 g/mol. The van der Waals surface area contributed by atoms with Gasteiger partial charge in [0, 0.05) is 32.1 Å². The summed E-state index contributed by atoms with van der Waals surface area (Å²) in [5.41, 5.74) is 0.924. The number of amides is 2. The van der Waals surface area contributed by atoms with E-state index in [0.29, 0.717) is 43.2 Å². The van der Waals surface area contributed by atoms with Crippen molar-refractivity contribution in [2.45, 2.75) is 39.3 Å². The number of hydrogen-bond donors (Lipinski definition) is 2. The topological polar surface area (TPSA) is 105 Å². The Hall–Kier alpha value is -3.23. The molecule has 9 heteroatoms. The number of carbonyl (C=O) groups is 2. The highest BCUT2D eigenvalue weighted by Gasteiger charge is 2.54. The second-order valence-electron chi connectivity index (χ2n) is 8.35. The van der Waals surface area contributed by atoms with Gasteiger partial charge in [-0.3, -0.25) is 9.59 Å². The first-order chi connectivity index (χ1) is 15.1. The van der Waals surface area contributed by atoms with Gasteiger partial charge in [0.25, 0.3) is 5.91 Å². The molecule has 2 N–H and O–H groups in total. The second-order valence-corrected chi connectivity index (χ2v) is 8.35. The standard InChI is InChI=1S/C22H27N7O2/c1-3-23-20(30)19-27-16-17(24-13-25-18(16)29(19)4-2)28-11-9-22(10-12-28)14-7-5-6-8-15(14)26-21(22)31/h5-8,13-15H,3-4,9-12H2,1-2H3,(H,23,30)(H,26,31). The molecule has 2 aromatic heterocycles. The largest absolute Gasteiger partial charge is 0.355 e. The molecular formula is C22H27N7O2. The molecule has 0 aromatic carbocycles. The first-order valence-corrected chi connectivity index (χ1v) is 11.0. The van der Waals surface area contributed by atoms with E-state index in [1.807, 2.05) is 30.6 Å². The third kappa shape index (κ3) is 2.94. The summed E-state index contributed by atoms with van der Waals surface area (Å²) in [5, 5.41) is 5.98. The Morgan fingerprint density at radius 1 is 1.23 bits per heavy atom. The van der Waals surface area contributed by atoms with E-state index in [1.54, 1.807) is 0 Å². The number of nitrogens with zero attached hydrogens (tertiary/aromatic N) is 5. The molecule has 5 rings (SSSR count). The van der Waals surface area contributed by atoms with Crippen LogP contribution in [0.3, 0.4) is 0 Å². The molecule has 2 fully saturated rings. The first-order valence-electron chi connectivity index (χ1n) is 11.0. The lowest BCUT2D eigenvalue weighted by atomic mass is 9.67. The molecule has 2 saturated heterocycles. The number of aromatic nitrogens is 4. The predicted octanol–water partition coefficient (Wildman–Crippen LogP) is 1.42. The number of aryl methyl sites for hydroxylation is 1. The first kappa shape index (κ1) is 19.7. The molecule has 162 valence electrons. The summed E-state index contributed by atoms with van der Waals surface area (Å²) >= 11 is 0. The van der Waals surface area contributed by atoms with Crippen LogP contribution in [-0.4, -0.2) is 57.0 Å². The minimum atomic E-state index is -0.372. The summed E-state index contributed by atoms with van der Waals surface area (Å²) in [5.74, 6) is 1.22. The van der Waals surface area contributed by atoms with E-state index in [2.05, 4.69) is 42.6 Å². The van der Waals surface area contributed by atoms with Crippen LogP contribution in [0.1, 0.15) is 37.3 Å². The van der Waals surface area contributed by atoms with E-state index in [0.717, 1.165) is 18.7 Å². The van der Waals surface area contributed by atoms with Crippen LogP contribution in [0.4, 0.5) is 5.82 Å². The number of imidazole rings is 1. The Labute approximate surface area is 180 Å². The molecule has 1 spiro atoms. The van der Waals surface area contributed by atoms with Crippen molar-refractivity contribution in [3.8, 4) is 0 Å². The number of rotatable bonds is 4. The molecule has 0 saturated carbocycles. The Kier molecular flexibility index (Phi) is 4.75. The summed E-state index contributed by atoms with van der Waals surface area (Å²) in [6, 6.07) is 0.0923. The predicted molar refractivity (Wildman–Crippen MR) is 117 cm³/mol. The number of nitrogens with one attached hydrogen (secondary N) is 2. The summed E-state index contributed by atoms with van der Waals surface area (Å²) in [7, 11) is 0. The fraction of sp³-hybridized carbons (Fsp3) is 0.500. The number of hydrogen-bond acceptors (Lipinski definition) is 6. The van der Waals surface area contributed by atoms with Crippen molar-refractivity contribution >= 4 is 28.8 Å². The van der Waals surface area contributed by atoms with Crippen LogP contribution in [-0.2, 0) is 11.3 Å². The molecule has 2 amide bonds. The average molecular weight is 422 g/mol. The quantitative estimate of drug-likeness (QED) is 0.774. The Bertz CT molecular complexity index is 1090. The fourth-order valence-electron chi connectivity index (χ4n) is 5.27. The molecule has 0 radical (unpaired) electrons. The zero-order chi connectivity index (χ0) is 21.6. The van der Waals surface area contributed by atoms with Crippen LogP contribution in [0, 0.1) is 11.3 Å². The molecule has 31 heavy (non-hydrogen) atoms. The lowest BCUT2D eigenvalue weighted by Gasteiger charge is -2.41. The highest BCUT2D eigenvalue weighted by molar-refractivity contribution is 5.96. The Morgan fingerprint density at radius 2 is 2.00 bits per heavy atom. The van der Waals surface area contributed by atoms with Gasteiger partial charge in [0.1, 0.15) is 6.33 Å². The van der Waals surface area contributed by atoms with Crippen molar-refractivity contribution < 1.29 is 9.59 Å². The normalized spacial score (nSPS) is 23.9. The SMILES string of the molecule is CCNC(=O)c1nc2c(N3CCC4(CC3)C(=O)NC3C=CC=CC34)ncnc2n1CC. The van der Waals surface area contributed by atoms with Crippen molar-refractivity contribution in [1.29, 1.82) is 0 Å². The van der Waals surface area contributed by atoms with Gasteiger partial charge in [-0.15, -0.1) is 0 Å². The van der Waals surface area contributed by atoms with Gasteiger partial charge in [0.05, 0.1) is 11.5 Å². The van der Waals surface area contributed by atoms with Gasteiger partial charge in [-0.2, -0.15) is 0 Å². The van der Waals surface area contributed by atoms with Crippen molar-refractivity contribution in [3.05, 3.63) is 36.5 Å². The number of allylic oxidation sites excluding steroid dienone is 2. The molecule has 4 heterocycles. The third-order valence-electron chi connectivity index (χ3n) is 6.85. The zero-order valence-corrected chi connectivity index (χ0v) is 17.8. The maximum absolute atomic E-state index is 12.9. The van der Waals surface area contributed by atoms with Crippen LogP contribution in [0.15, 0.2) is 30.6 Å². The van der Waals surface area contributed by atoms with Crippen LogP contribution in [0.5, 0.6) is 0 Å². The summed E-state index contributed by atoms with van der Waals surface area (Å²) < 4.78 is 1.82. The van der Waals surface area contributed by atoms with Crippen molar-refractivity contribution in [2.75, 3.05) is 24.5 Å². The molecule has 0 bridgehead atoms.